The Kier molecular flexibility index (Phi) is 9.47. The zero-order chi connectivity index (χ0) is 25.3. The van der Waals surface area contributed by atoms with Gasteiger partial charge < -0.3 is 19.1 Å². The fraction of sp³-hybridized carbons (Fsp3) is 0.321. The summed E-state index contributed by atoms with van der Waals surface area (Å²) >= 11 is 12.0. The first-order valence-corrected chi connectivity index (χ1v) is 12.6. The predicted octanol–water partition coefficient (Wildman–Crippen LogP) is 5.48. The average Bonchev–Trinajstić information content (AvgIpc) is 2.91. The molecule has 3 aromatic rings. The van der Waals surface area contributed by atoms with Crippen LogP contribution in [0.3, 0.4) is 0 Å². The lowest BCUT2D eigenvalue weighted by Crippen LogP contribution is -2.50. The maximum atomic E-state index is 12.6. The molecule has 1 aliphatic rings. The zero-order valence-corrected chi connectivity index (χ0v) is 21.8. The van der Waals surface area contributed by atoms with E-state index in [0.717, 1.165) is 36.5 Å². The topological polar surface area (TPSA) is 51.2 Å². The van der Waals surface area contributed by atoms with E-state index in [1.165, 1.54) is 0 Å². The molecule has 8 heteroatoms. The van der Waals surface area contributed by atoms with Crippen LogP contribution in [0.4, 0.5) is 0 Å². The maximum absolute atomic E-state index is 12.6. The molecule has 1 aliphatic heterocycles. The average molecular weight is 529 g/mol. The molecule has 0 saturated carbocycles. The molecular weight excluding hydrogens is 499 g/mol. The molecule has 0 bridgehead atoms. The van der Waals surface area contributed by atoms with Crippen molar-refractivity contribution in [2.24, 2.45) is 0 Å². The van der Waals surface area contributed by atoms with Crippen LogP contribution in [0, 0.1) is 0 Å². The first kappa shape index (κ1) is 26.3. The zero-order valence-electron chi connectivity index (χ0n) is 20.2. The molecule has 1 saturated heterocycles. The predicted molar refractivity (Wildman–Crippen MR) is 142 cm³/mol. The summed E-state index contributed by atoms with van der Waals surface area (Å²) in [5.41, 5.74) is 2.11. The van der Waals surface area contributed by atoms with Gasteiger partial charge in [-0.25, -0.2) is 0 Å². The molecule has 1 heterocycles. The Morgan fingerprint density at radius 2 is 1.56 bits per heavy atom. The van der Waals surface area contributed by atoms with Crippen molar-refractivity contribution < 1.29 is 19.0 Å². The number of hydrogen-bond donors (Lipinski definition) is 0. The van der Waals surface area contributed by atoms with Crippen LogP contribution < -0.4 is 9.47 Å². The fourth-order valence-electron chi connectivity index (χ4n) is 4.07. The molecule has 0 N–H and O–H groups in total. The molecular formula is C28H30Cl2N2O4. The summed E-state index contributed by atoms with van der Waals surface area (Å²) in [6.07, 6.45) is -0.135. The van der Waals surface area contributed by atoms with E-state index in [2.05, 4.69) is 4.90 Å². The summed E-state index contributed by atoms with van der Waals surface area (Å²) in [5, 5.41) is 1.33. The van der Waals surface area contributed by atoms with Gasteiger partial charge in [0.15, 0.2) is 6.61 Å². The number of halogens is 2. The van der Waals surface area contributed by atoms with Gasteiger partial charge in [-0.1, -0.05) is 47.5 Å². The largest absolute Gasteiger partial charge is 0.497 e. The Morgan fingerprint density at radius 1 is 0.889 bits per heavy atom. The van der Waals surface area contributed by atoms with Crippen LogP contribution in [0.2, 0.25) is 10.0 Å². The Morgan fingerprint density at radius 3 is 2.22 bits per heavy atom. The molecule has 36 heavy (non-hydrogen) atoms. The van der Waals surface area contributed by atoms with Crippen molar-refractivity contribution in [1.82, 2.24) is 9.80 Å². The highest BCUT2D eigenvalue weighted by molar-refractivity contribution is 6.30. The molecule has 1 atom stereocenters. The van der Waals surface area contributed by atoms with Crippen LogP contribution in [0.1, 0.15) is 17.2 Å². The minimum absolute atomic E-state index is 0.0126. The van der Waals surface area contributed by atoms with Crippen molar-refractivity contribution in [2.75, 3.05) is 46.4 Å². The lowest BCUT2D eigenvalue weighted by atomic mass is 10.1. The maximum Gasteiger partial charge on any atom is 0.260 e. The van der Waals surface area contributed by atoms with Gasteiger partial charge in [-0.15, -0.1) is 0 Å². The number of amides is 1. The number of carbonyl (C=O) groups excluding carboxylic acids is 1. The van der Waals surface area contributed by atoms with Gasteiger partial charge in [0.2, 0.25) is 0 Å². The van der Waals surface area contributed by atoms with Crippen molar-refractivity contribution >= 4 is 29.1 Å². The second kappa shape index (κ2) is 13.0. The van der Waals surface area contributed by atoms with E-state index in [4.69, 9.17) is 37.4 Å². The lowest BCUT2D eigenvalue weighted by Gasteiger charge is -2.36. The first-order valence-electron chi connectivity index (χ1n) is 11.9. The molecule has 6 nitrogen and oxygen atoms in total. The summed E-state index contributed by atoms with van der Waals surface area (Å²) in [5.74, 6) is 1.42. The minimum Gasteiger partial charge on any atom is -0.497 e. The van der Waals surface area contributed by atoms with Crippen molar-refractivity contribution in [3.8, 4) is 11.5 Å². The Hall–Kier alpha value is -2.77. The Bertz CT molecular complexity index is 1120. The standard InChI is InChI=1S/C28H30Cl2N2O4/c1-34-26-4-2-3-21(17-26)19-36-27(22-5-7-23(29)8-6-22)18-31-13-15-32(16-14-31)28(33)20-35-25-11-9-24(30)10-12-25/h2-12,17,27H,13-16,18-20H2,1H3/t27-/m1/s1. The van der Waals surface area contributed by atoms with Crippen LogP contribution in [0.25, 0.3) is 0 Å². The SMILES string of the molecule is COc1cccc(CO[C@H](CN2CCN(C(=O)COc3ccc(Cl)cc3)CC2)c2ccc(Cl)cc2)c1. The van der Waals surface area contributed by atoms with Gasteiger partial charge in [0.1, 0.15) is 11.5 Å². The number of benzene rings is 3. The molecule has 0 radical (unpaired) electrons. The van der Waals surface area contributed by atoms with E-state index >= 15 is 0 Å². The van der Waals surface area contributed by atoms with Crippen LogP contribution >= 0.6 is 23.2 Å². The Labute approximate surface area is 222 Å². The number of ether oxygens (including phenoxy) is 3. The normalized spacial score (nSPS) is 14.9. The number of methoxy groups -OCH3 is 1. The monoisotopic (exact) mass is 528 g/mol. The van der Waals surface area contributed by atoms with Gasteiger partial charge in [-0.2, -0.15) is 0 Å². The van der Waals surface area contributed by atoms with Crippen LogP contribution in [-0.2, 0) is 16.1 Å². The van der Waals surface area contributed by atoms with Gasteiger partial charge in [0.05, 0.1) is 19.8 Å². The smallest absolute Gasteiger partial charge is 0.260 e. The molecule has 1 amide bonds. The summed E-state index contributed by atoms with van der Waals surface area (Å²) in [4.78, 5) is 16.8. The van der Waals surface area contributed by atoms with Crippen molar-refractivity contribution in [3.05, 3.63) is 94.0 Å². The molecule has 4 rings (SSSR count). The van der Waals surface area contributed by atoms with Crippen molar-refractivity contribution in [3.63, 3.8) is 0 Å². The first-order chi connectivity index (χ1) is 17.5. The molecule has 3 aromatic carbocycles. The molecule has 0 aliphatic carbocycles. The van der Waals surface area contributed by atoms with E-state index in [1.807, 2.05) is 53.4 Å². The van der Waals surface area contributed by atoms with E-state index in [1.54, 1.807) is 31.4 Å². The summed E-state index contributed by atoms with van der Waals surface area (Å²) in [7, 11) is 1.66. The third-order valence-electron chi connectivity index (χ3n) is 6.15. The number of hydrogen-bond acceptors (Lipinski definition) is 5. The quantitative estimate of drug-likeness (QED) is 0.348. The second-order valence-corrected chi connectivity index (χ2v) is 9.50. The van der Waals surface area contributed by atoms with Gasteiger partial charge in [-0.3, -0.25) is 9.69 Å². The number of nitrogens with zero attached hydrogens (tertiary/aromatic N) is 2. The van der Waals surface area contributed by atoms with Crippen molar-refractivity contribution in [2.45, 2.75) is 12.7 Å². The Balaban J connectivity index is 1.31. The highest BCUT2D eigenvalue weighted by Crippen LogP contribution is 2.24. The molecule has 1 fully saturated rings. The highest BCUT2D eigenvalue weighted by Gasteiger charge is 2.24. The molecule has 0 spiro atoms. The van der Waals surface area contributed by atoms with Crippen molar-refractivity contribution in [1.29, 1.82) is 0 Å². The van der Waals surface area contributed by atoms with E-state index in [0.29, 0.717) is 35.5 Å². The summed E-state index contributed by atoms with van der Waals surface area (Å²) in [6.45, 7) is 4.01. The summed E-state index contributed by atoms with van der Waals surface area (Å²) in [6, 6.07) is 22.7. The molecule has 0 unspecified atom stereocenters. The van der Waals surface area contributed by atoms with E-state index in [-0.39, 0.29) is 18.6 Å². The lowest BCUT2D eigenvalue weighted by molar-refractivity contribution is -0.135. The second-order valence-electron chi connectivity index (χ2n) is 8.63. The van der Waals surface area contributed by atoms with E-state index < -0.39 is 0 Å². The molecule has 190 valence electrons. The van der Waals surface area contributed by atoms with Gasteiger partial charge in [-0.05, 0) is 59.7 Å². The fourth-order valence-corrected chi connectivity index (χ4v) is 4.32. The summed E-state index contributed by atoms with van der Waals surface area (Å²) < 4.78 is 17.3. The number of carbonyl (C=O) groups is 1. The number of piperazine rings is 1. The minimum atomic E-state index is -0.135. The van der Waals surface area contributed by atoms with Gasteiger partial charge >= 0.3 is 0 Å². The van der Waals surface area contributed by atoms with Gasteiger partial charge in [0, 0.05) is 42.8 Å². The highest BCUT2D eigenvalue weighted by atomic mass is 35.5. The number of rotatable bonds is 10. The van der Waals surface area contributed by atoms with E-state index in [9.17, 15) is 4.79 Å². The molecule has 0 aromatic heterocycles. The third kappa shape index (κ3) is 7.61. The van der Waals surface area contributed by atoms with Crippen LogP contribution in [-0.4, -0.2) is 62.1 Å². The van der Waals surface area contributed by atoms with Crippen LogP contribution in [0.5, 0.6) is 11.5 Å². The van der Waals surface area contributed by atoms with Crippen LogP contribution in [0.15, 0.2) is 72.8 Å². The van der Waals surface area contributed by atoms with Gasteiger partial charge in [0.25, 0.3) is 5.91 Å². The third-order valence-corrected chi connectivity index (χ3v) is 6.66.